The van der Waals surface area contributed by atoms with Crippen LogP contribution in [0.5, 0.6) is 0 Å². The Labute approximate surface area is 158 Å². The van der Waals surface area contributed by atoms with Crippen LogP contribution >= 0.6 is 0 Å². The van der Waals surface area contributed by atoms with Gasteiger partial charge in [0.15, 0.2) is 12.0 Å². The molecule has 0 saturated carbocycles. The number of imidazole rings is 1. The summed E-state index contributed by atoms with van der Waals surface area (Å²) in [5, 5.41) is 4.57. The first-order chi connectivity index (χ1) is 13.0. The molecule has 0 bridgehead atoms. The second-order valence-corrected chi connectivity index (χ2v) is 7.29. The van der Waals surface area contributed by atoms with Crippen molar-refractivity contribution in [1.29, 1.82) is 0 Å². The predicted octanol–water partition coefficient (Wildman–Crippen LogP) is 1.63. The summed E-state index contributed by atoms with van der Waals surface area (Å²) in [6.07, 6.45) is 8.11. The minimum atomic E-state index is 0.336. The fourth-order valence-corrected chi connectivity index (χ4v) is 3.76. The molecule has 2 aromatic heterocycles. The molecule has 142 valence electrons. The topological polar surface area (TPSA) is 73.8 Å². The van der Waals surface area contributed by atoms with E-state index in [-0.39, 0.29) is 0 Å². The number of hydrogen-bond donors (Lipinski definition) is 0. The SMILES string of the molecule is COC1CCN(c2nccc(N=C3C=c4n(C(C)C)c(C)c[n+]4=N3)n2)CC1. The fourth-order valence-electron chi connectivity index (χ4n) is 3.76. The van der Waals surface area contributed by atoms with Crippen LogP contribution in [0, 0.1) is 6.92 Å². The highest BCUT2D eigenvalue weighted by atomic mass is 16.5. The number of ether oxygens (including phenoxy) is 1. The summed E-state index contributed by atoms with van der Waals surface area (Å²) in [7, 11) is 1.77. The lowest BCUT2D eigenvalue weighted by molar-refractivity contribution is -0.552. The third-order valence-corrected chi connectivity index (χ3v) is 5.07. The molecule has 2 aromatic rings. The largest absolute Gasteiger partial charge is 0.381 e. The quantitative estimate of drug-likeness (QED) is 0.769. The number of rotatable bonds is 4. The van der Waals surface area contributed by atoms with Crippen LogP contribution in [0.3, 0.4) is 0 Å². The predicted molar refractivity (Wildman–Crippen MR) is 103 cm³/mol. The van der Waals surface area contributed by atoms with E-state index < -0.39 is 0 Å². The maximum Gasteiger partial charge on any atom is 0.311 e. The van der Waals surface area contributed by atoms with E-state index in [9.17, 15) is 0 Å². The molecule has 4 rings (SSSR count). The number of hydrogen-bond acceptors (Lipinski definition) is 5. The van der Waals surface area contributed by atoms with E-state index in [0.717, 1.165) is 37.4 Å². The molecule has 2 aliphatic heterocycles. The molecular formula is C19H26N7O+. The van der Waals surface area contributed by atoms with Gasteiger partial charge >= 0.3 is 5.48 Å². The van der Waals surface area contributed by atoms with E-state index in [1.807, 2.05) is 22.7 Å². The van der Waals surface area contributed by atoms with Gasteiger partial charge in [-0.15, -0.1) is 0 Å². The van der Waals surface area contributed by atoms with Gasteiger partial charge in [-0.1, -0.05) is 9.48 Å². The number of nitrogens with zero attached hydrogens (tertiary/aromatic N) is 7. The van der Waals surface area contributed by atoms with Gasteiger partial charge < -0.3 is 9.64 Å². The monoisotopic (exact) mass is 368 g/mol. The van der Waals surface area contributed by atoms with Gasteiger partial charge in [-0.25, -0.2) is 14.5 Å². The number of methoxy groups -OCH3 is 1. The van der Waals surface area contributed by atoms with E-state index in [4.69, 9.17) is 4.74 Å². The van der Waals surface area contributed by atoms with E-state index in [0.29, 0.717) is 23.8 Å². The van der Waals surface area contributed by atoms with Gasteiger partial charge in [0.2, 0.25) is 11.8 Å². The van der Waals surface area contributed by atoms with Crippen LogP contribution in [0.2, 0.25) is 0 Å². The highest BCUT2D eigenvalue weighted by Gasteiger charge is 2.22. The Bertz CT molecular complexity index is 984. The normalized spacial score (nSPS) is 18.7. The molecule has 0 spiro atoms. The molecule has 0 atom stereocenters. The van der Waals surface area contributed by atoms with Gasteiger partial charge in [0.25, 0.3) is 0 Å². The van der Waals surface area contributed by atoms with E-state index in [2.05, 4.69) is 50.3 Å². The number of anilines is 1. The van der Waals surface area contributed by atoms with Crippen molar-refractivity contribution in [3.8, 4) is 0 Å². The zero-order chi connectivity index (χ0) is 19.0. The molecule has 8 heteroatoms. The van der Waals surface area contributed by atoms with E-state index in [1.165, 1.54) is 5.69 Å². The number of aromatic nitrogens is 4. The van der Waals surface area contributed by atoms with Gasteiger partial charge in [-0.05, 0) is 26.7 Å². The smallest absolute Gasteiger partial charge is 0.311 e. The zero-order valence-electron chi connectivity index (χ0n) is 16.3. The van der Waals surface area contributed by atoms with Crippen LogP contribution < -0.4 is 14.7 Å². The van der Waals surface area contributed by atoms with Crippen LogP contribution in [0.15, 0.2) is 28.6 Å². The second-order valence-electron chi connectivity index (χ2n) is 7.29. The first kappa shape index (κ1) is 17.8. The first-order valence-corrected chi connectivity index (χ1v) is 9.45. The van der Waals surface area contributed by atoms with Crippen molar-refractivity contribution in [2.75, 3.05) is 25.1 Å². The Morgan fingerprint density at radius 2 is 2.07 bits per heavy atom. The standard InChI is InChI=1S/C19H26N7O/c1-13(2)26-14(3)12-25-18(26)11-17(23-25)21-16-5-8-20-19(22-16)24-9-6-15(27-4)7-10-24/h5,8,11-13,15H,6-7,9-10H2,1-4H3/q+1. The van der Waals surface area contributed by atoms with Gasteiger partial charge in [-0.2, -0.15) is 4.98 Å². The van der Waals surface area contributed by atoms with E-state index >= 15 is 0 Å². The van der Waals surface area contributed by atoms with Gasteiger partial charge in [0, 0.05) is 39.4 Å². The Morgan fingerprint density at radius 3 is 2.78 bits per heavy atom. The van der Waals surface area contributed by atoms with Gasteiger partial charge in [0.05, 0.1) is 18.2 Å². The molecule has 0 unspecified atom stereocenters. The Balaban J connectivity index is 1.58. The zero-order valence-corrected chi connectivity index (χ0v) is 16.3. The second kappa shape index (κ2) is 7.19. The van der Waals surface area contributed by atoms with Crippen molar-refractivity contribution in [3.05, 3.63) is 29.6 Å². The minimum absolute atomic E-state index is 0.336. The Morgan fingerprint density at radius 1 is 1.30 bits per heavy atom. The highest BCUT2D eigenvalue weighted by Crippen LogP contribution is 2.20. The average molecular weight is 368 g/mol. The van der Waals surface area contributed by atoms with Crippen LogP contribution in [-0.4, -0.2) is 46.7 Å². The molecule has 0 radical (unpaired) electrons. The molecule has 1 fully saturated rings. The molecule has 0 N–H and O–H groups in total. The molecule has 2 aliphatic rings. The molecule has 0 aromatic carbocycles. The van der Waals surface area contributed by atoms with Crippen molar-refractivity contribution in [1.82, 2.24) is 14.5 Å². The Kier molecular flexibility index (Phi) is 4.73. The number of piperidine rings is 1. The molecule has 4 heterocycles. The number of aliphatic imine (C=N–C) groups is 1. The third-order valence-electron chi connectivity index (χ3n) is 5.07. The van der Waals surface area contributed by atoms with E-state index in [1.54, 1.807) is 13.3 Å². The van der Waals surface area contributed by atoms with Crippen LogP contribution in [0.4, 0.5) is 11.8 Å². The van der Waals surface area contributed by atoms with Crippen LogP contribution in [0.1, 0.15) is 38.4 Å². The molecule has 8 nitrogen and oxygen atoms in total. The lowest BCUT2D eigenvalue weighted by atomic mass is 10.1. The number of amidine groups is 1. The summed E-state index contributed by atoms with van der Waals surface area (Å²) >= 11 is 0. The lowest BCUT2D eigenvalue weighted by Crippen LogP contribution is -2.37. The maximum absolute atomic E-state index is 5.44. The van der Waals surface area contributed by atoms with Crippen molar-refractivity contribution < 1.29 is 9.10 Å². The van der Waals surface area contributed by atoms with Crippen molar-refractivity contribution >= 4 is 23.7 Å². The maximum atomic E-state index is 5.44. The van der Waals surface area contributed by atoms with Crippen molar-refractivity contribution in [2.24, 2.45) is 10.1 Å². The molecule has 0 amide bonds. The first-order valence-electron chi connectivity index (χ1n) is 9.45. The summed E-state index contributed by atoms with van der Waals surface area (Å²) in [4.78, 5) is 15.9. The van der Waals surface area contributed by atoms with Crippen molar-refractivity contribution in [2.45, 2.75) is 45.8 Å². The lowest BCUT2D eigenvalue weighted by Gasteiger charge is -2.31. The fraction of sp³-hybridized carbons (Fsp3) is 0.526. The number of fused-ring (bicyclic) bond motifs is 1. The van der Waals surface area contributed by atoms with Crippen molar-refractivity contribution in [3.63, 3.8) is 0 Å². The highest BCUT2D eigenvalue weighted by molar-refractivity contribution is 6.09. The van der Waals surface area contributed by atoms with Gasteiger partial charge in [0.1, 0.15) is 5.69 Å². The summed E-state index contributed by atoms with van der Waals surface area (Å²) in [5.41, 5.74) is 2.22. The summed E-state index contributed by atoms with van der Waals surface area (Å²) in [6, 6.07) is 2.18. The Hall–Kier alpha value is -2.61. The molecular weight excluding hydrogens is 342 g/mol. The average Bonchev–Trinajstić information content (AvgIpc) is 3.17. The van der Waals surface area contributed by atoms with Crippen LogP contribution in [-0.2, 0) is 4.74 Å². The molecule has 0 aliphatic carbocycles. The summed E-state index contributed by atoms with van der Waals surface area (Å²) in [6.45, 7) is 8.22. The molecule has 1 saturated heterocycles. The minimum Gasteiger partial charge on any atom is -0.381 e. The summed E-state index contributed by atoms with van der Waals surface area (Å²) < 4.78 is 9.56. The number of aryl methyl sites for hydroxylation is 1. The van der Waals surface area contributed by atoms with Crippen LogP contribution in [0.25, 0.3) is 6.08 Å². The summed E-state index contributed by atoms with van der Waals surface area (Å²) in [5.74, 6) is 2.00. The molecule has 27 heavy (non-hydrogen) atoms. The third kappa shape index (κ3) is 3.49. The van der Waals surface area contributed by atoms with Gasteiger partial charge in [-0.3, -0.25) is 0 Å².